The molecule has 0 spiro atoms. The molecule has 3 nitrogen and oxygen atoms in total. The van der Waals surface area contributed by atoms with Crippen molar-refractivity contribution in [2.75, 3.05) is 0 Å². The smallest absolute Gasteiger partial charge is 0.0921 e. The molecule has 0 aliphatic carbocycles. The van der Waals surface area contributed by atoms with Crippen LogP contribution in [0.3, 0.4) is 0 Å². The fraction of sp³-hybridized carbons (Fsp3) is 0.250. The Balaban J connectivity index is 1.98. The lowest BCUT2D eigenvalue weighted by atomic mass is 10.1. The molecule has 96 valence electrons. The van der Waals surface area contributed by atoms with Crippen molar-refractivity contribution in [1.82, 2.24) is 15.0 Å². The van der Waals surface area contributed by atoms with Gasteiger partial charge in [0.2, 0.25) is 0 Å². The molecule has 0 aliphatic rings. The first kappa shape index (κ1) is 13.2. The van der Waals surface area contributed by atoms with E-state index in [9.17, 15) is 0 Å². The first-order chi connectivity index (χ1) is 9.40. The van der Waals surface area contributed by atoms with E-state index in [0.717, 1.165) is 36.2 Å². The molecular formula is C16H17N3. The average molecular weight is 251 g/mol. The second-order valence-corrected chi connectivity index (χ2v) is 4.18. The third kappa shape index (κ3) is 4.16. The lowest BCUT2D eigenvalue weighted by molar-refractivity contribution is 0.824. The van der Waals surface area contributed by atoms with Crippen molar-refractivity contribution in [2.24, 2.45) is 0 Å². The molecule has 0 aromatic carbocycles. The van der Waals surface area contributed by atoms with Crippen LogP contribution in [-0.4, -0.2) is 15.0 Å². The second-order valence-electron chi connectivity index (χ2n) is 4.18. The van der Waals surface area contributed by atoms with Crippen LogP contribution < -0.4 is 0 Å². The highest BCUT2D eigenvalue weighted by Gasteiger charge is 2.03. The summed E-state index contributed by atoms with van der Waals surface area (Å²) in [6.07, 6.45) is 11.9. The maximum Gasteiger partial charge on any atom is 0.0921 e. The van der Waals surface area contributed by atoms with E-state index < -0.39 is 0 Å². The number of rotatable bonds is 5. The molecule has 19 heavy (non-hydrogen) atoms. The largest absolute Gasteiger partial charge is 0.261 e. The first-order valence-electron chi connectivity index (χ1n) is 6.46. The lowest BCUT2D eigenvalue weighted by Gasteiger charge is -2.04. The summed E-state index contributed by atoms with van der Waals surface area (Å²) in [5.41, 5.74) is 6.39. The topological polar surface area (TPSA) is 38.7 Å². The molecule has 0 N–H and O–H groups in total. The molecule has 3 heteroatoms. The molecule has 0 aliphatic heterocycles. The Labute approximate surface area is 113 Å². The van der Waals surface area contributed by atoms with Gasteiger partial charge in [-0.1, -0.05) is 6.07 Å². The van der Waals surface area contributed by atoms with Gasteiger partial charge in [0.05, 0.1) is 11.9 Å². The Morgan fingerprint density at radius 3 is 2.84 bits per heavy atom. The van der Waals surface area contributed by atoms with Crippen molar-refractivity contribution in [3.63, 3.8) is 0 Å². The second kappa shape index (κ2) is 7.24. The molecular weight excluding hydrogens is 234 g/mol. The highest BCUT2D eigenvalue weighted by Crippen LogP contribution is 2.16. The molecule has 0 unspecified atom stereocenters. The van der Waals surface area contributed by atoms with Gasteiger partial charge < -0.3 is 0 Å². The van der Waals surface area contributed by atoms with E-state index in [0.29, 0.717) is 0 Å². The maximum absolute atomic E-state index is 4.33. The minimum absolute atomic E-state index is 0.904. The molecule has 2 aromatic rings. The van der Waals surface area contributed by atoms with Crippen LogP contribution in [0.2, 0.25) is 0 Å². The van der Waals surface area contributed by atoms with Gasteiger partial charge in [0.1, 0.15) is 0 Å². The predicted octanol–water partition coefficient (Wildman–Crippen LogP) is 3.45. The van der Waals surface area contributed by atoms with Gasteiger partial charge >= 0.3 is 0 Å². The van der Waals surface area contributed by atoms with Gasteiger partial charge in [0.15, 0.2) is 0 Å². The summed E-state index contributed by atoms with van der Waals surface area (Å²) in [5.74, 6) is 0. The summed E-state index contributed by atoms with van der Waals surface area (Å²) in [5, 5.41) is 0. The van der Waals surface area contributed by atoms with Gasteiger partial charge in [-0.25, -0.2) is 0 Å². The van der Waals surface area contributed by atoms with E-state index in [2.05, 4.69) is 26.7 Å². The number of aryl methyl sites for hydroxylation is 1. The molecule has 0 saturated heterocycles. The average Bonchev–Trinajstić information content (AvgIpc) is 2.48. The number of allylic oxidation sites excluding steroid dienone is 1. The zero-order chi connectivity index (χ0) is 13.3. The van der Waals surface area contributed by atoms with E-state index in [4.69, 9.17) is 0 Å². The molecule has 2 rings (SSSR count). The van der Waals surface area contributed by atoms with E-state index in [1.54, 1.807) is 18.6 Å². The van der Waals surface area contributed by atoms with E-state index in [1.165, 1.54) is 0 Å². The Kier molecular flexibility index (Phi) is 5.03. The monoisotopic (exact) mass is 251 g/mol. The van der Waals surface area contributed by atoms with Crippen LogP contribution >= 0.6 is 0 Å². The van der Waals surface area contributed by atoms with Gasteiger partial charge in [-0.2, -0.15) is 0 Å². The van der Waals surface area contributed by atoms with Crippen LogP contribution in [0.5, 0.6) is 0 Å². The summed E-state index contributed by atoms with van der Waals surface area (Å²) >= 11 is 0. The number of hydrogen-bond donors (Lipinski definition) is 0. The predicted molar refractivity (Wildman–Crippen MR) is 76.4 cm³/mol. The third-order valence-electron chi connectivity index (χ3n) is 2.78. The Hall–Kier alpha value is -2.25. The van der Waals surface area contributed by atoms with E-state index >= 15 is 0 Å². The van der Waals surface area contributed by atoms with Gasteiger partial charge in [-0.05, 0) is 44.4 Å². The Bertz CT molecular complexity index is 555. The standard InChI is InChI=1S/C16H17N3/c1-2-6-14(16-13-17-11-12-19-16)7-5-9-15-8-3-4-10-18-15/h2-4,8,10-13H,5,7,9H2,1H3. The van der Waals surface area contributed by atoms with Gasteiger partial charge in [0, 0.05) is 29.9 Å². The van der Waals surface area contributed by atoms with Crippen molar-refractivity contribution < 1.29 is 0 Å². The molecule has 0 amide bonds. The summed E-state index contributed by atoms with van der Waals surface area (Å²) in [6.45, 7) is 1.97. The molecule has 2 aromatic heterocycles. The number of pyridine rings is 1. The minimum Gasteiger partial charge on any atom is -0.261 e. The highest BCUT2D eigenvalue weighted by molar-refractivity contribution is 5.60. The fourth-order valence-electron chi connectivity index (χ4n) is 1.90. The van der Waals surface area contributed by atoms with Crippen LogP contribution in [0.1, 0.15) is 31.2 Å². The third-order valence-corrected chi connectivity index (χ3v) is 2.78. The van der Waals surface area contributed by atoms with Gasteiger partial charge in [-0.15, -0.1) is 5.73 Å². The lowest BCUT2D eigenvalue weighted by Crippen LogP contribution is -1.93. The SMILES string of the molecule is CC=C=C(CCCc1ccccn1)c1cnccn1. The number of nitrogens with zero attached hydrogens (tertiary/aromatic N) is 3. The maximum atomic E-state index is 4.33. The summed E-state index contributed by atoms with van der Waals surface area (Å²) < 4.78 is 0. The van der Waals surface area contributed by atoms with Crippen molar-refractivity contribution in [1.29, 1.82) is 0 Å². The van der Waals surface area contributed by atoms with Gasteiger partial charge in [0.25, 0.3) is 0 Å². The summed E-state index contributed by atoms with van der Waals surface area (Å²) in [4.78, 5) is 12.8. The van der Waals surface area contributed by atoms with Crippen molar-refractivity contribution in [3.8, 4) is 0 Å². The molecule has 0 fully saturated rings. The number of aromatic nitrogens is 3. The molecule has 0 bridgehead atoms. The summed E-state index contributed by atoms with van der Waals surface area (Å²) in [6, 6.07) is 6.02. The molecule has 0 atom stereocenters. The summed E-state index contributed by atoms with van der Waals surface area (Å²) in [7, 11) is 0. The Morgan fingerprint density at radius 2 is 2.16 bits per heavy atom. The molecule has 0 saturated carbocycles. The van der Waals surface area contributed by atoms with E-state index in [1.807, 2.05) is 31.3 Å². The Morgan fingerprint density at radius 1 is 1.21 bits per heavy atom. The fourth-order valence-corrected chi connectivity index (χ4v) is 1.90. The van der Waals surface area contributed by atoms with Crippen molar-refractivity contribution >= 4 is 5.57 Å². The number of hydrogen-bond acceptors (Lipinski definition) is 3. The zero-order valence-electron chi connectivity index (χ0n) is 11.1. The van der Waals surface area contributed by atoms with Crippen LogP contribution in [0.4, 0.5) is 0 Å². The van der Waals surface area contributed by atoms with Crippen LogP contribution in [-0.2, 0) is 6.42 Å². The van der Waals surface area contributed by atoms with Crippen LogP contribution in [0.15, 0.2) is 54.8 Å². The quantitative estimate of drug-likeness (QED) is 0.764. The normalized spacial score (nSPS) is 9.74. The zero-order valence-corrected chi connectivity index (χ0v) is 11.1. The molecule has 2 heterocycles. The van der Waals surface area contributed by atoms with Crippen LogP contribution in [0, 0.1) is 0 Å². The van der Waals surface area contributed by atoms with Crippen molar-refractivity contribution in [3.05, 3.63) is 66.2 Å². The van der Waals surface area contributed by atoms with Gasteiger partial charge in [-0.3, -0.25) is 15.0 Å². The highest BCUT2D eigenvalue weighted by atomic mass is 14.8. The van der Waals surface area contributed by atoms with E-state index in [-0.39, 0.29) is 0 Å². The molecule has 0 radical (unpaired) electrons. The first-order valence-corrected chi connectivity index (χ1v) is 6.46. The van der Waals surface area contributed by atoms with Crippen LogP contribution in [0.25, 0.3) is 5.57 Å². The van der Waals surface area contributed by atoms with Crippen molar-refractivity contribution in [2.45, 2.75) is 26.2 Å². The minimum atomic E-state index is 0.904.